The van der Waals surface area contributed by atoms with Gasteiger partial charge in [0.2, 0.25) is 0 Å². The Morgan fingerprint density at radius 2 is 1.91 bits per heavy atom. The summed E-state index contributed by atoms with van der Waals surface area (Å²) in [7, 11) is 0. The van der Waals surface area contributed by atoms with Gasteiger partial charge in [0.05, 0.1) is 6.61 Å². The van der Waals surface area contributed by atoms with Gasteiger partial charge in [0.1, 0.15) is 23.0 Å². The molecule has 6 rings (SSSR count). The summed E-state index contributed by atoms with van der Waals surface area (Å²) in [6.07, 6.45) is -0.0760. The number of aromatic nitrogens is 4. The van der Waals surface area contributed by atoms with Crippen LogP contribution < -0.4 is 10.5 Å². The number of alkyl halides is 3. The molecule has 2 fully saturated rings. The molecule has 10 heteroatoms. The van der Waals surface area contributed by atoms with E-state index in [0.29, 0.717) is 53.9 Å². The van der Waals surface area contributed by atoms with Crippen LogP contribution in [0.25, 0.3) is 28.1 Å². The highest BCUT2D eigenvalue weighted by atomic mass is 19.4. The van der Waals surface area contributed by atoms with Crippen LogP contribution in [0.5, 0.6) is 5.75 Å². The van der Waals surface area contributed by atoms with Crippen molar-refractivity contribution in [2.24, 2.45) is 11.7 Å². The number of rotatable bonds is 6. The second kappa shape index (κ2) is 8.46. The van der Waals surface area contributed by atoms with Gasteiger partial charge in [0.25, 0.3) is 0 Å². The highest BCUT2D eigenvalue weighted by Crippen LogP contribution is 2.39. The van der Waals surface area contributed by atoms with Crippen LogP contribution in [0.2, 0.25) is 0 Å². The normalized spacial score (nSPS) is 20.1. The van der Waals surface area contributed by atoms with Crippen LogP contribution in [0.1, 0.15) is 30.9 Å². The molecule has 1 saturated carbocycles. The number of ether oxygens (including phenoxy) is 1. The molecule has 4 aromatic rings. The van der Waals surface area contributed by atoms with Crippen molar-refractivity contribution in [3.8, 4) is 17.3 Å². The van der Waals surface area contributed by atoms with Gasteiger partial charge in [-0.1, -0.05) is 24.3 Å². The van der Waals surface area contributed by atoms with Gasteiger partial charge >= 0.3 is 6.18 Å². The third kappa shape index (κ3) is 4.32. The smallest absolute Gasteiger partial charge is 0.408 e. The van der Waals surface area contributed by atoms with Crippen LogP contribution in [-0.4, -0.2) is 56.4 Å². The lowest BCUT2D eigenvalue weighted by atomic mass is 10.1. The van der Waals surface area contributed by atoms with Crippen molar-refractivity contribution in [1.82, 2.24) is 24.5 Å². The van der Waals surface area contributed by atoms with E-state index < -0.39 is 12.2 Å². The van der Waals surface area contributed by atoms with E-state index in [2.05, 4.69) is 10.2 Å². The zero-order chi connectivity index (χ0) is 24.2. The van der Waals surface area contributed by atoms with Gasteiger partial charge in [-0.15, -0.1) is 10.2 Å². The van der Waals surface area contributed by atoms with Gasteiger partial charge in [-0.2, -0.15) is 13.2 Å². The van der Waals surface area contributed by atoms with Gasteiger partial charge in [0, 0.05) is 30.7 Å². The van der Waals surface area contributed by atoms with Gasteiger partial charge in [-0.3, -0.25) is 9.30 Å². The first-order chi connectivity index (χ1) is 16.9. The van der Waals surface area contributed by atoms with E-state index in [-0.39, 0.29) is 18.2 Å². The molecule has 0 amide bonds. The van der Waals surface area contributed by atoms with Crippen LogP contribution in [0, 0.1) is 5.92 Å². The van der Waals surface area contributed by atoms with Gasteiger partial charge in [-0.25, -0.2) is 4.98 Å². The topological polar surface area (TPSA) is 81.6 Å². The summed E-state index contributed by atoms with van der Waals surface area (Å²) < 4.78 is 50.0. The number of likely N-dealkylation sites (tertiary alicyclic amines) is 1. The van der Waals surface area contributed by atoms with E-state index in [4.69, 9.17) is 15.5 Å². The lowest BCUT2D eigenvalue weighted by molar-refractivity contribution is -0.183. The summed E-state index contributed by atoms with van der Waals surface area (Å²) in [5, 5.41) is 9.33. The van der Waals surface area contributed by atoms with E-state index in [1.165, 1.54) is 30.0 Å². The van der Waals surface area contributed by atoms with E-state index in [9.17, 15) is 13.2 Å². The molecule has 3 aromatic heterocycles. The molecule has 7 nitrogen and oxygen atoms in total. The predicted molar refractivity (Wildman–Crippen MR) is 125 cm³/mol. The maximum Gasteiger partial charge on any atom is 0.408 e. The number of nitrogens with zero attached hydrogens (tertiary/aromatic N) is 5. The molecule has 2 N–H and O–H groups in total. The minimum atomic E-state index is -4.44. The van der Waals surface area contributed by atoms with Crippen molar-refractivity contribution in [1.29, 1.82) is 0 Å². The number of halogens is 3. The largest absolute Gasteiger partial charge is 0.491 e. The molecule has 1 unspecified atom stereocenters. The van der Waals surface area contributed by atoms with Crippen molar-refractivity contribution >= 4 is 16.6 Å². The zero-order valence-electron chi connectivity index (χ0n) is 18.9. The number of nitrogens with two attached hydrogens (primary N) is 1. The Bertz CT molecular complexity index is 1380. The second-order valence-corrected chi connectivity index (χ2v) is 9.48. The first-order valence-corrected chi connectivity index (χ1v) is 11.8. The Labute approximate surface area is 199 Å². The minimum Gasteiger partial charge on any atom is -0.491 e. The molecule has 35 heavy (non-hydrogen) atoms. The van der Waals surface area contributed by atoms with Crippen LogP contribution in [-0.2, 0) is 0 Å². The Morgan fingerprint density at radius 1 is 1.06 bits per heavy atom. The zero-order valence-corrected chi connectivity index (χ0v) is 18.9. The standard InChI is InChI=1S/C25H25F3N6O/c26-25(27,28)23(33-11-10-18(29)13-33)17-7-9-21-31-32-24(34(21)12-17)19-8-6-16-2-1-3-20(22(16)30-19)35-14-15-4-5-15/h1-3,6-9,12,15,18,23H,4-5,10-11,13-14,29H2/t18-,23?/m1/s1. The predicted octanol–water partition coefficient (Wildman–Crippen LogP) is 4.37. The number of pyridine rings is 2. The number of para-hydroxylation sites is 1. The van der Waals surface area contributed by atoms with Gasteiger partial charge in [0.15, 0.2) is 11.5 Å². The maximum atomic E-state index is 14.1. The quantitative estimate of drug-likeness (QED) is 0.440. The highest BCUT2D eigenvalue weighted by Gasteiger charge is 2.46. The number of hydrogen-bond acceptors (Lipinski definition) is 6. The highest BCUT2D eigenvalue weighted by molar-refractivity contribution is 5.86. The third-order valence-electron chi connectivity index (χ3n) is 6.76. The lowest BCUT2D eigenvalue weighted by Gasteiger charge is -2.30. The summed E-state index contributed by atoms with van der Waals surface area (Å²) >= 11 is 0. The number of fused-ring (bicyclic) bond motifs is 2. The first-order valence-electron chi connectivity index (χ1n) is 11.8. The SMILES string of the molecule is N[C@@H]1CCN(C(c2ccc3nnc(-c4ccc5cccc(OCC6CC6)c5n4)n3c2)C(F)(F)F)C1. The van der Waals surface area contributed by atoms with Crippen molar-refractivity contribution in [2.75, 3.05) is 19.7 Å². The van der Waals surface area contributed by atoms with E-state index in [1.807, 2.05) is 24.3 Å². The lowest BCUT2D eigenvalue weighted by Crippen LogP contribution is -2.38. The summed E-state index contributed by atoms with van der Waals surface area (Å²) in [4.78, 5) is 6.18. The molecule has 2 aliphatic rings. The van der Waals surface area contributed by atoms with Crippen molar-refractivity contribution in [3.05, 3.63) is 54.2 Å². The van der Waals surface area contributed by atoms with Crippen LogP contribution in [0.4, 0.5) is 13.2 Å². The Balaban J connectivity index is 1.41. The average Bonchev–Trinajstić information content (AvgIpc) is 3.42. The minimum absolute atomic E-state index is 0.120. The average molecular weight is 483 g/mol. The molecule has 0 radical (unpaired) electrons. The van der Waals surface area contributed by atoms with Crippen molar-refractivity contribution in [3.63, 3.8) is 0 Å². The summed E-state index contributed by atoms with van der Waals surface area (Å²) in [6, 6.07) is 10.5. The molecule has 4 heterocycles. The summed E-state index contributed by atoms with van der Waals surface area (Å²) in [6.45, 7) is 1.16. The van der Waals surface area contributed by atoms with Crippen molar-refractivity contribution in [2.45, 2.75) is 37.5 Å². The monoisotopic (exact) mass is 482 g/mol. The van der Waals surface area contributed by atoms with Crippen molar-refractivity contribution < 1.29 is 17.9 Å². The Morgan fingerprint density at radius 3 is 2.66 bits per heavy atom. The molecule has 1 saturated heterocycles. The second-order valence-electron chi connectivity index (χ2n) is 9.48. The van der Waals surface area contributed by atoms with E-state index in [1.54, 1.807) is 16.5 Å². The molecular weight excluding hydrogens is 457 g/mol. The molecule has 2 atom stereocenters. The Hall–Kier alpha value is -3.24. The molecule has 1 aliphatic heterocycles. The molecule has 182 valence electrons. The third-order valence-corrected chi connectivity index (χ3v) is 6.76. The Kier molecular flexibility index (Phi) is 5.37. The fraction of sp³-hybridized carbons (Fsp3) is 0.400. The van der Waals surface area contributed by atoms with Gasteiger partial charge < -0.3 is 10.5 Å². The number of hydrogen-bond donors (Lipinski definition) is 1. The summed E-state index contributed by atoms with van der Waals surface area (Å²) in [5.74, 6) is 1.66. The maximum absolute atomic E-state index is 14.1. The van der Waals surface area contributed by atoms with E-state index in [0.717, 1.165) is 5.39 Å². The molecule has 1 aliphatic carbocycles. The molecule has 0 bridgehead atoms. The molecule has 1 aromatic carbocycles. The van der Waals surface area contributed by atoms with Gasteiger partial charge in [-0.05, 0) is 48.9 Å². The first kappa shape index (κ1) is 22.2. The summed E-state index contributed by atoms with van der Waals surface area (Å²) in [5.41, 5.74) is 7.67. The fourth-order valence-electron chi connectivity index (χ4n) is 4.75. The molecular formula is C25H25F3N6O. The van der Waals surface area contributed by atoms with E-state index >= 15 is 0 Å². The fourth-order valence-corrected chi connectivity index (χ4v) is 4.75. The molecule has 0 spiro atoms. The number of benzene rings is 1. The van der Waals surface area contributed by atoms with Crippen LogP contribution in [0.3, 0.4) is 0 Å². The van der Waals surface area contributed by atoms with Crippen LogP contribution in [0.15, 0.2) is 48.7 Å². The van der Waals surface area contributed by atoms with Crippen LogP contribution >= 0.6 is 0 Å².